The molecule has 2 amide bonds. The van der Waals surface area contributed by atoms with Crippen molar-refractivity contribution in [3.8, 4) is 0 Å². The van der Waals surface area contributed by atoms with Crippen LogP contribution >= 0.6 is 0 Å². The molecule has 6 nitrogen and oxygen atoms in total. The Bertz CT molecular complexity index is 1010. The lowest BCUT2D eigenvalue weighted by molar-refractivity contribution is -0.138. The van der Waals surface area contributed by atoms with E-state index in [0.717, 1.165) is 16.3 Å². The number of nitrogens with zero attached hydrogens (tertiary/aromatic N) is 1. The molecule has 0 aliphatic carbocycles. The Morgan fingerprint density at radius 1 is 0.967 bits per heavy atom. The lowest BCUT2D eigenvalue weighted by Crippen LogP contribution is -2.52. The Morgan fingerprint density at radius 2 is 1.63 bits per heavy atom. The van der Waals surface area contributed by atoms with Crippen molar-refractivity contribution in [2.75, 3.05) is 18.9 Å². The molecule has 0 bridgehead atoms. The highest BCUT2D eigenvalue weighted by atomic mass is 16.2. The normalized spacial score (nSPS) is 12.9. The number of hydrogen-bond donors (Lipinski definition) is 3. The van der Waals surface area contributed by atoms with E-state index in [1.54, 1.807) is 7.05 Å². The van der Waals surface area contributed by atoms with Gasteiger partial charge in [-0.2, -0.15) is 0 Å². The van der Waals surface area contributed by atoms with Gasteiger partial charge in [0.1, 0.15) is 6.04 Å². The smallest absolute Gasteiger partial charge is 0.247 e. The molecule has 0 heterocycles. The van der Waals surface area contributed by atoms with Gasteiger partial charge in [-0.1, -0.05) is 60.7 Å². The van der Waals surface area contributed by atoms with Crippen molar-refractivity contribution in [3.05, 3.63) is 78.4 Å². The van der Waals surface area contributed by atoms with E-state index in [4.69, 9.17) is 11.5 Å². The van der Waals surface area contributed by atoms with Crippen molar-refractivity contribution in [2.24, 2.45) is 11.5 Å². The van der Waals surface area contributed by atoms with Crippen molar-refractivity contribution in [2.45, 2.75) is 24.9 Å². The van der Waals surface area contributed by atoms with E-state index in [0.29, 0.717) is 18.5 Å². The summed E-state index contributed by atoms with van der Waals surface area (Å²) in [5, 5.41) is 5.03. The topological polar surface area (TPSA) is 101 Å². The highest BCUT2D eigenvalue weighted by molar-refractivity contribution is 5.99. The SMILES string of the molecule is CN(C(=O)[C@@H](N)Cc1ccccc1)[C@@H](CCN)C(=O)Nc1ccc2ccccc2c1. The fourth-order valence-corrected chi connectivity index (χ4v) is 3.52. The van der Waals surface area contributed by atoms with Gasteiger partial charge in [0, 0.05) is 12.7 Å². The maximum Gasteiger partial charge on any atom is 0.247 e. The third-order valence-electron chi connectivity index (χ3n) is 5.19. The Labute approximate surface area is 176 Å². The molecule has 6 heteroatoms. The van der Waals surface area contributed by atoms with Gasteiger partial charge in [-0.15, -0.1) is 0 Å². The Balaban J connectivity index is 1.70. The molecule has 156 valence electrons. The third-order valence-corrected chi connectivity index (χ3v) is 5.19. The number of carbonyl (C=O) groups is 2. The van der Waals surface area contributed by atoms with Crippen LogP contribution in [-0.2, 0) is 16.0 Å². The average molecular weight is 405 g/mol. The first-order valence-corrected chi connectivity index (χ1v) is 10.1. The van der Waals surface area contributed by atoms with E-state index in [2.05, 4.69) is 5.32 Å². The fourth-order valence-electron chi connectivity index (χ4n) is 3.52. The number of anilines is 1. The predicted molar refractivity (Wildman–Crippen MR) is 121 cm³/mol. The second-order valence-corrected chi connectivity index (χ2v) is 7.39. The number of fused-ring (bicyclic) bond motifs is 1. The molecule has 3 aromatic carbocycles. The van der Waals surface area contributed by atoms with Crippen molar-refractivity contribution < 1.29 is 9.59 Å². The zero-order chi connectivity index (χ0) is 21.5. The van der Waals surface area contributed by atoms with Crippen LogP contribution in [0.25, 0.3) is 10.8 Å². The summed E-state index contributed by atoms with van der Waals surface area (Å²) in [6.07, 6.45) is 0.755. The van der Waals surface area contributed by atoms with Crippen LogP contribution in [-0.4, -0.2) is 42.4 Å². The first-order valence-electron chi connectivity index (χ1n) is 10.1. The Hall–Kier alpha value is -3.22. The van der Waals surface area contributed by atoms with Crippen molar-refractivity contribution >= 4 is 28.3 Å². The quantitative estimate of drug-likeness (QED) is 0.537. The number of nitrogens with one attached hydrogen (secondary N) is 1. The van der Waals surface area contributed by atoms with Crippen LogP contribution in [0.3, 0.4) is 0 Å². The summed E-state index contributed by atoms with van der Waals surface area (Å²) in [4.78, 5) is 27.3. The third kappa shape index (κ3) is 5.23. The number of likely N-dealkylation sites (N-methyl/N-ethyl adjacent to an activating group) is 1. The molecule has 0 fully saturated rings. The molecule has 2 atom stereocenters. The number of carbonyl (C=O) groups excluding carboxylic acids is 2. The molecule has 5 N–H and O–H groups in total. The fraction of sp³-hybridized carbons (Fsp3) is 0.250. The monoisotopic (exact) mass is 404 g/mol. The number of nitrogens with two attached hydrogens (primary N) is 2. The molecule has 0 saturated carbocycles. The minimum atomic E-state index is -0.730. The highest BCUT2D eigenvalue weighted by Crippen LogP contribution is 2.19. The van der Waals surface area contributed by atoms with Crippen LogP contribution in [0.15, 0.2) is 72.8 Å². The average Bonchev–Trinajstić information content (AvgIpc) is 2.77. The van der Waals surface area contributed by atoms with E-state index in [1.807, 2.05) is 72.8 Å². The van der Waals surface area contributed by atoms with E-state index < -0.39 is 12.1 Å². The van der Waals surface area contributed by atoms with Gasteiger partial charge < -0.3 is 21.7 Å². The molecular formula is C24H28N4O2. The van der Waals surface area contributed by atoms with E-state index in [9.17, 15) is 9.59 Å². The van der Waals surface area contributed by atoms with Crippen LogP contribution in [0.1, 0.15) is 12.0 Å². The molecule has 0 spiro atoms. The number of hydrogen-bond acceptors (Lipinski definition) is 4. The van der Waals surface area contributed by atoms with Gasteiger partial charge in [0.2, 0.25) is 11.8 Å². The van der Waals surface area contributed by atoms with Gasteiger partial charge in [0.25, 0.3) is 0 Å². The first-order chi connectivity index (χ1) is 14.5. The van der Waals surface area contributed by atoms with Crippen molar-refractivity contribution in [1.82, 2.24) is 4.90 Å². The highest BCUT2D eigenvalue weighted by Gasteiger charge is 2.29. The zero-order valence-corrected chi connectivity index (χ0v) is 17.1. The molecule has 0 unspecified atom stereocenters. The molecular weight excluding hydrogens is 376 g/mol. The summed E-state index contributed by atoms with van der Waals surface area (Å²) < 4.78 is 0. The largest absolute Gasteiger partial charge is 0.332 e. The summed E-state index contributed by atoms with van der Waals surface area (Å²) in [7, 11) is 1.60. The zero-order valence-electron chi connectivity index (χ0n) is 17.1. The summed E-state index contributed by atoms with van der Waals surface area (Å²) >= 11 is 0. The number of amides is 2. The van der Waals surface area contributed by atoms with Gasteiger partial charge in [0.05, 0.1) is 6.04 Å². The minimum absolute atomic E-state index is 0.279. The molecule has 0 saturated heterocycles. The Kier molecular flexibility index (Phi) is 7.17. The lowest BCUT2D eigenvalue weighted by Gasteiger charge is -2.29. The van der Waals surface area contributed by atoms with E-state index >= 15 is 0 Å². The van der Waals surface area contributed by atoms with Gasteiger partial charge in [-0.05, 0) is 47.9 Å². The minimum Gasteiger partial charge on any atom is -0.332 e. The summed E-state index contributed by atoms with van der Waals surface area (Å²) in [6.45, 7) is 0.279. The molecule has 30 heavy (non-hydrogen) atoms. The van der Waals surface area contributed by atoms with Gasteiger partial charge in [-0.3, -0.25) is 9.59 Å². The van der Waals surface area contributed by atoms with Crippen LogP contribution in [0.4, 0.5) is 5.69 Å². The molecule has 3 rings (SSSR count). The summed E-state index contributed by atoms with van der Waals surface area (Å²) in [6, 6.07) is 21.8. The molecule has 0 aliphatic heterocycles. The van der Waals surface area contributed by atoms with Crippen LogP contribution in [0.2, 0.25) is 0 Å². The molecule has 0 radical (unpaired) electrons. The number of benzene rings is 3. The molecule has 3 aromatic rings. The summed E-state index contributed by atoms with van der Waals surface area (Å²) in [5.41, 5.74) is 13.5. The number of rotatable bonds is 8. The van der Waals surface area contributed by atoms with Crippen LogP contribution < -0.4 is 16.8 Å². The van der Waals surface area contributed by atoms with Gasteiger partial charge in [0.15, 0.2) is 0 Å². The van der Waals surface area contributed by atoms with Crippen LogP contribution in [0.5, 0.6) is 0 Å². The van der Waals surface area contributed by atoms with Gasteiger partial charge in [-0.25, -0.2) is 0 Å². The van der Waals surface area contributed by atoms with Gasteiger partial charge >= 0.3 is 0 Å². The first kappa shape index (κ1) is 21.5. The standard InChI is InChI=1S/C24H28N4O2/c1-28(24(30)21(26)15-17-7-3-2-4-8-17)22(13-14-25)23(29)27-20-12-11-18-9-5-6-10-19(18)16-20/h2-12,16,21-22H,13-15,25-26H2,1H3,(H,27,29)/t21-,22-/m0/s1. The molecule has 0 aliphatic rings. The predicted octanol–water partition coefficient (Wildman–Crippen LogP) is 2.52. The maximum atomic E-state index is 13.0. The Morgan fingerprint density at radius 3 is 2.33 bits per heavy atom. The lowest BCUT2D eigenvalue weighted by atomic mass is 10.0. The second-order valence-electron chi connectivity index (χ2n) is 7.39. The van der Waals surface area contributed by atoms with Crippen molar-refractivity contribution in [3.63, 3.8) is 0 Å². The maximum absolute atomic E-state index is 13.0. The summed E-state index contributed by atoms with van der Waals surface area (Å²) in [5.74, 6) is -0.565. The van der Waals surface area contributed by atoms with Crippen molar-refractivity contribution in [1.29, 1.82) is 0 Å². The van der Waals surface area contributed by atoms with E-state index in [1.165, 1.54) is 4.90 Å². The second kappa shape index (κ2) is 10.0. The van der Waals surface area contributed by atoms with Crippen LogP contribution in [0, 0.1) is 0 Å². The molecule has 0 aromatic heterocycles. The van der Waals surface area contributed by atoms with E-state index in [-0.39, 0.29) is 18.4 Å².